The zero-order chi connectivity index (χ0) is 10.8. The lowest BCUT2D eigenvalue weighted by Crippen LogP contribution is -2.13. The smallest absolute Gasteiger partial charge is 0.323 e. The fraction of sp³-hybridized carbons (Fsp3) is 0.0909. The van der Waals surface area contributed by atoms with Crippen molar-refractivity contribution >= 4 is 16.9 Å². The number of carboxylic acids is 1. The molecule has 0 aliphatic carbocycles. The number of carbonyl (C=O) groups is 1. The van der Waals surface area contributed by atoms with E-state index in [9.17, 15) is 9.59 Å². The molecule has 0 aliphatic heterocycles. The minimum Gasteiger partial charge on any atom is -0.480 e. The number of nitrogens with zero attached hydrogens (tertiary/aromatic N) is 1. The minimum atomic E-state index is -0.927. The number of hydrogen-bond donors (Lipinski definition) is 1. The van der Waals surface area contributed by atoms with Gasteiger partial charge in [-0.25, -0.2) is 0 Å². The van der Waals surface area contributed by atoms with Crippen LogP contribution in [0.4, 0.5) is 0 Å². The highest BCUT2D eigenvalue weighted by Gasteiger charge is 2.04. The lowest BCUT2D eigenvalue weighted by Gasteiger charge is -2.06. The molecule has 1 aromatic carbocycles. The third-order valence-corrected chi connectivity index (χ3v) is 2.19. The first-order valence-corrected chi connectivity index (χ1v) is 4.48. The molecule has 0 spiro atoms. The van der Waals surface area contributed by atoms with Crippen LogP contribution in [0.25, 0.3) is 10.9 Å². The first kappa shape index (κ1) is 9.45. The monoisotopic (exact) mass is 203 g/mol. The van der Waals surface area contributed by atoms with Crippen molar-refractivity contribution in [3.63, 3.8) is 0 Å². The van der Waals surface area contributed by atoms with E-state index in [1.54, 1.807) is 28.8 Å². The van der Waals surface area contributed by atoms with Crippen LogP contribution in [0.5, 0.6) is 0 Å². The Morgan fingerprint density at radius 2 is 2.00 bits per heavy atom. The van der Waals surface area contributed by atoms with Gasteiger partial charge in [0.25, 0.3) is 0 Å². The van der Waals surface area contributed by atoms with Gasteiger partial charge >= 0.3 is 5.97 Å². The summed E-state index contributed by atoms with van der Waals surface area (Å²) in [5.41, 5.74) is 0.555. The molecule has 0 radical (unpaired) electrons. The zero-order valence-corrected chi connectivity index (χ0v) is 7.88. The van der Waals surface area contributed by atoms with Crippen LogP contribution >= 0.6 is 0 Å². The maximum atomic E-state index is 11.5. The van der Waals surface area contributed by atoms with E-state index in [0.29, 0.717) is 10.9 Å². The Hall–Kier alpha value is -2.10. The normalized spacial score (nSPS) is 10.4. The topological polar surface area (TPSA) is 59.3 Å². The SMILES string of the molecule is O=C(O)Cn1ccc(=O)c2ccccc21. The summed E-state index contributed by atoms with van der Waals surface area (Å²) in [6.45, 7) is -0.138. The second kappa shape index (κ2) is 3.57. The number of para-hydroxylation sites is 1. The average Bonchev–Trinajstić information content (AvgIpc) is 2.22. The van der Waals surface area contributed by atoms with Crippen LogP contribution in [0, 0.1) is 0 Å². The molecule has 2 rings (SSSR count). The highest BCUT2D eigenvalue weighted by molar-refractivity contribution is 5.80. The van der Waals surface area contributed by atoms with Crippen molar-refractivity contribution in [1.82, 2.24) is 4.57 Å². The number of hydrogen-bond acceptors (Lipinski definition) is 2. The third-order valence-electron chi connectivity index (χ3n) is 2.19. The molecule has 0 aliphatic rings. The van der Waals surface area contributed by atoms with Gasteiger partial charge in [0, 0.05) is 17.6 Å². The predicted octanol–water partition coefficient (Wildman–Crippen LogP) is 1.09. The standard InChI is InChI=1S/C11H9NO3/c13-10-5-6-12(7-11(14)15)9-4-2-1-3-8(9)10/h1-6H,7H2,(H,14,15). The lowest BCUT2D eigenvalue weighted by molar-refractivity contribution is -0.137. The number of carboxylic acid groups (broad SMARTS) is 1. The molecule has 0 amide bonds. The van der Waals surface area contributed by atoms with Gasteiger partial charge in [-0.15, -0.1) is 0 Å². The summed E-state index contributed by atoms with van der Waals surface area (Å²) in [6.07, 6.45) is 1.50. The van der Waals surface area contributed by atoms with E-state index in [0.717, 1.165) is 0 Å². The van der Waals surface area contributed by atoms with Crippen LogP contribution in [-0.2, 0) is 11.3 Å². The second-order valence-electron chi connectivity index (χ2n) is 3.22. The molecule has 0 saturated heterocycles. The Morgan fingerprint density at radius 3 is 2.73 bits per heavy atom. The molecule has 2 aromatic rings. The largest absolute Gasteiger partial charge is 0.480 e. The van der Waals surface area contributed by atoms with Crippen LogP contribution in [0.1, 0.15) is 0 Å². The summed E-state index contributed by atoms with van der Waals surface area (Å²) in [6, 6.07) is 8.34. The summed E-state index contributed by atoms with van der Waals surface area (Å²) >= 11 is 0. The van der Waals surface area contributed by atoms with Crippen molar-refractivity contribution in [1.29, 1.82) is 0 Å². The van der Waals surface area contributed by atoms with Crippen LogP contribution in [-0.4, -0.2) is 15.6 Å². The number of rotatable bonds is 2. The van der Waals surface area contributed by atoms with E-state index >= 15 is 0 Å². The average molecular weight is 203 g/mol. The fourth-order valence-electron chi connectivity index (χ4n) is 1.54. The Kier molecular flexibility index (Phi) is 2.25. The Balaban J connectivity index is 2.71. The van der Waals surface area contributed by atoms with Crippen molar-refractivity contribution < 1.29 is 9.90 Å². The Morgan fingerprint density at radius 1 is 1.27 bits per heavy atom. The number of benzene rings is 1. The molecule has 0 unspecified atom stereocenters. The molecule has 1 heterocycles. The molecular weight excluding hydrogens is 194 g/mol. The van der Waals surface area contributed by atoms with E-state index in [2.05, 4.69) is 0 Å². The molecule has 1 aromatic heterocycles. The zero-order valence-electron chi connectivity index (χ0n) is 7.88. The fourth-order valence-corrected chi connectivity index (χ4v) is 1.54. The Labute approximate surface area is 85.4 Å². The summed E-state index contributed by atoms with van der Waals surface area (Å²) in [7, 11) is 0. The third kappa shape index (κ3) is 1.74. The van der Waals surface area contributed by atoms with Gasteiger partial charge in [-0.05, 0) is 12.1 Å². The summed E-state index contributed by atoms with van der Waals surface area (Å²) in [5, 5.41) is 9.24. The van der Waals surface area contributed by atoms with Crippen LogP contribution in [0.3, 0.4) is 0 Å². The molecule has 0 bridgehead atoms. The van der Waals surface area contributed by atoms with Gasteiger partial charge in [0.05, 0.1) is 5.52 Å². The predicted molar refractivity (Wildman–Crippen MR) is 55.8 cm³/mol. The van der Waals surface area contributed by atoms with Crippen LogP contribution in [0.15, 0.2) is 41.3 Å². The van der Waals surface area contributed by atoms with Crippen molar-refractivity contribution in [2.24, 2.45) is 0 Å². The highest BCUT2D eigenvalue weighted by atomic mass is 16.4. The van der Waals surface area contributed by atoms with Gasteiger partial charge in [0.2, 0.25) is 0 Å². The lowest BCUT2D eigenvalue weighted by atomic mass is 10.2. The Bertz CT molecular complexity index is 571. The van der Waals surface area contributed by atoms with Gasteiger partial charge in [-0.2, -0.15) is 0 Å². The van der Waals surface area contributed by atoms with E-state index in [-0.39, 0.29) is 12.0 Å². The molecule has 4 nitrogen and oxygen atoms in total. The van der Waals surface area contributed by atoms with E-state index in [1.807, 2.05) is 0 Å². The van der Waals surface area contributed by atoms with Crippen molar-refractivity contribution in [2.75, 3.05) is 0 Å². The summed E-state index contributed by atoms with van der Waals surface area (Å²) in [4.78, 5) is 22.1. The van der Waals surface area contributed by atoms with Gasteiger partial charge in [-0.1, -0.05) is 12.1 Å². The molecule has 4 heteroatoms. The van der Waals surface area contributed by atoms with Crippen molar-refractivity contribution in [2.45, 2.75) is 6.54 Å². The van der Waals surface area contributed by atoms with Gasteiger partial charge in [-0.3, -0.25) is 9.59 Å². The summed E-state index contributed by atoms with van der Waals surface area (Å²) < 4.78 is 1.54. The number of pyridine rings is 1. The maximum Gasteiger partial charge on any atom is 0.323 e. The van der Waals surface area contributed by atoms with Crippen LogP contribution in [0.2, 0.25) is 0 Å². The molecule has 76 valence electrons. The molecule has 0 atom stereocenters. The first-order valence-electron chi connectivity index (χ1n) is 4.48. The van der Waals surface area contributed by atoms with E-state index in [4.69, 9.17) is 5.11 Å². The van der Waals surface area contributed by atoms with Crippen LogP contribution < -0.4 is 5.43 Å². The van der Waals surface area contributed by atoms with Gasteiger partial charge < -0.3 is 9.67 Å². The van der Waals surface area contributed by atoms with Crippen molar-refractivity contribution in [3.8, 4) is 0 Å². The quantitative estimate of drug-likeness (QED) is 0.794. The summed E-state index contributed by atoms with van der Waals surface area (Å²) in [5.74, 6) is -0.927. The molecule has 1 N–H and O–H groups in total. The number of aromatic nitrogens is 1. The van der Waals surface area contributed by atoms with E-state index < -0.39 is 5.97 Å². The highest BCUT2D eigenvalue weighted by Crippen LogP contribution is 2.08. The molecule has 0 fully saturated rings. The first-order chi connectivity index (χ1) is 7.18. The van der Waals surface area contributed by atoms with Gasteiger partial charge in [0.1, 0.15) is 6.54 Å². The van der Waals surface area contributed by atoms with Gasteiger partial charge in [0.15, 0.2) is 5.43 Å². The second-order valence-corrected chi connectivity index (χ2v) is 3.22. The molecule has 15 heavy (non-hydrogen) atoms. The minimum absolute atomic E-state index is 0.0905. The number of fused-ring (bicyclic) bond motifs is 1. The van der Waals surface area contributed by atoms with E-state index in [1.165, 1.54) is 12.3 Å². The molecular formula is C11H9NO3. The maximum absolute atomic E-state index is 11.5. The van der Waals surface area contributed by atoms with Crippen molar-refractivity contribution in [3.05, 3.63) is 46.8 Å². The number of aliphatic carboxylic acids is 1. The molecule has 0 saturated carbocycles.